The minimum absolute atomic E-state index is 0. The molecule has 0 aromatic rings. The maximum absolute atomic E-state index is 11.8. The zero-order valence-corrected chi connectivity index (χ0v) is 14.5. The molecule has 0 aliphatic carbocycles. The summed E-state index contributed by atoms with van der Waals surface area (Å²) in [6.07, 6.45) is -11.0. The maximum atomic E-state index is 11.8. The number of rotatable bonds is 2. The van der Waals surface area contributed by atoms with E-state index in [1.165, 1.54) is 31.9 Å². The van der Waals surface area contributed by atoms with Gasteiger partial charge in [-0.15, -0.1) is 0 Å². The molecule has 0 aliphatic rings. The first-order valence-corrected chi connectivity index (χ1v) is 5.29. The van der Waals surface area contributed by atoms with Crippen molar-refractivity contribution in [3.8, 4) is 0 Å². The third kappa shape index (κ3) is 7.61. The van der Waals surface area contributed by atoms with Crippen LogP contribution in [0, 0.1) is 0 Å². The van der Waals surface area contributed by atoms with Gasteiger partial charge in [-0.1, -0.05) is 0 Å². The van der Waals surface area contributed by atoms with E-state index in [0.29, 0.717) is 0 Å². The number of hydrogen-bond acceptors (Lipinski definition) is 4. The van der Waals surface area contributed by atoms with Crippen LogP contribution in [-0.2, 0) is 9.59 Å². The molecule has 120 valence electrons. The Morgan fingerprint density at radius 3 is 0.810 bits per heavy atom. The predicted octanol–water partition coefficient (Wildman–Crippen LogP) is 0.338. The second-order valence-electron chi connectivity index (χ2n) is 2.72. The van der Waals surface area contributed by atoms with Crippen molar-refractivity contribution in [1.29, 1.82) is 0 Å². The average molecular weight is 488 g/mol. The van der Waals surface area contributed by atoms with Gasteiger partial charge in [0, 0.05) is 0 Å². The molecule has 0 bridgehead atoms. The van der Waals surface area contributed by atoms with Gasteiger partial charge in [-0.3, -0.25) is 0 Å². The summed E-state index contributed by atoms with van der Waals surface area (Å²) in [5.74, 6) is -5.72. The van der Waals surface area contributed by atoms with Crippen LogP contribution >= 0.6 is 31.9 Å². The number of carboxylic acids is 2. The molecule has 4 nitrogen and oxygen atoms in total. The minimum Gasteiger partial charge on any atom is -0.545 e. The molecule has 0 spiro atoms. The van der Waals surface area contributed by atoms with Crippen LogP contribution < -0.4 is 10.2 Å². The summed E-state index contributed by atoms with van der Waals surface area (Å²) in [4.78, 5) is 18.8. The monoisotopic (exact) mass is 486 g/mol. The van der Waals surface area contributed by atoms with Gasteiger partial charge in [0.2, 0.25) is 0 Å². The number of aliphatic carboxylic acids is 2. The van der Waals surface area contributed by atoms with E-state index in [-0.39, 0.29) is 37.7 Å². The molecule has 0 radical (unpaired) electrons. The zero-order chi connectivity index (χ0) is 17.2. The van der Waals surface area contributed by atoms with E-state index in [0.717, 1.165) is 0 Å². The van der Waals surface area contributed by atoms with E-state index < -0.39 is 33.4 Å². The standard InChI is InChI=1S/2C3HBrF4O2.Ca/c2*4-2(5,1(9)10)3(6,7)8;/h2*(H,9,10);/q;;+2/p-2. The first-order chi connectivity index (χ1) is 8.39. The summed E-state index contributed by atoms with van der Waals surface area (Å²) >= 11 is 2.63. The Morgan fingerprint density at radius 2 is 0.810 bits per heavy atom. The summed E-state index contributed by atoms with van der Waals surface area (Å²) in [6.45, 7) is 0. The van der Waals surface area contributed by atoms with Crippen LogP contribution in [0.3, 0.4) is 0 Å². The summed E-state index contributed by atoms with van der Waals surface area (Å²) in [5, 5.41) is 18.8. The van der Waals surface area contributed by atoms with Gasteiger partial charge in [-0.2, -0.15) is 26.3 Å². The van der Waals surface area contributed by atoms with Gasteiger partial charge in [0.1, 0.15) is 0 Å². The van der Waals surface area contributed by atoms with E-state index in [1.54, 1.807) is 0 Å². The third-order valence-electron chi connectivity index (χ3n) is 1.22. The van der Waals surface area contributed by atoms with E-state index in [9.17, 15) is 54.9 Å². The number of carboxylic acid groups (broad SMARTS) is 2. The molecule has 0 aromatic heterocycles. The molecule has 0 amide bonds. The Kier molecular flexibility index (Phi) is 10.7. The average Bonchev–Trinajstić information content (AvgIpc) is 2.14. The van der Waals surface area contributed by atoms with Gasteiger partial charge in [0.15, 0.2) is 0 Å². The summed E-state index contributed by atoms with van der Waals surface area (Å²) in [6, 6.07) is 0. The van der Waals surface area contributed by atoms with E-state index >= 15 is 0 Å². The number of halogens is 10. The second kappa shape index (κ2) is 8.45. The van der Waals surface area contributed by atoms with Gasteiger partial charge < -0.3 is 19.8 Å². The van der Waals surface area contributed by atoms with Crippen molar-refractivity contribution >= 4 is 81.5 Å². The van der Waals surface area contributed by atoms with E-state index in [4.69, 9.17) is 0 Å². The van der Waals surface area contributed by atoms with Crippen molar-refractivity contribution in [2.75, 3.05) is 0 Å². The minimum atomic E-state index is -5.49. The Morgan fingerprint density at radius 1 is 0.667 bits per heavy atom. The molecule has 0 fully saturated rings. The summed E-state index contributed by atoms with van der Waals surface area (Å²) in [7, 11) is 0. The molecule has 21 heavy (non-hydrogen) atoms. The third-order valence-corrected chi connectivity index (χ3v) is 2.77. The SMILES string of the molecule is O=C([O-])C(F)(Br)C(F)(F)F.O=C([O-])C(F)(Br)C(F)(F)F.[Ca+2]. The first-order valence-electron chi connectivity index (χ1n) is 3.71. The molecule has 0 saturated carbocycles. The molecular weight excluding hydrogens is 488 g/mol. The molecule has 0 aromatic carbocycles. The number of carbonyl (C=O) groups excluding carboxylic acids is 2. The van der Waals surface area contributed by atoms with Crippen LogP contribution in [0.2, 0.25) is 0 Å². The fourth-order valence-electron chi connectivity index (χ4n) is 0.231. The van der Waals surface area contributed by atoms with Crippen molar-refractivity contribution in [3.05, 3.63) is 0 Å². The number of carbonyl (C=O) groups is 2. The van der Waals surface area contributed by atoms with Gasteiger partial charge in [0.25, 0.3) is 9.16 Å². The quantitative estimate of drug-likeness (QED) is 0.319. The molecule has 0 aliphatic heterocycles. The number of alkyl halides is 10. The van der Waals surface area contributed by atoms with Crippen LogP contribution in [0.15, 0.2) is 0 Å². The molecule has 2 atom stereocenters. The molecule has 15 heteroatoms. The molecule has 0 saturated heterocycles. The molecule has 0 N–H and O–H groups in total. The van der Waals surface area contributed by atoms with Gasteiger partial charge in [-0.05, 0) is 31.9 Å². The fourth-order valence-corrected chi connectivity index (χ4v) is 0.231. The van der Waals surface area contributed by atoms with E-state index in [1.807, 2.05) is 0 Å². The molecule has 0 heterocycles. The van der Waals surface area contributed by atoms with Crippen LogP contribution in [0.4, 0.5) is 35.1 Å². The fraction of sp³-hybridized carbons (Fsp3) is 0.667. The van der Waals surface area contributed by atoms with Gasteiger partial charge >= 0.3 is 50.1 Å². The van der Waals surface area contributed by atoms with Gasteiger partial charge in [-0.25, -0.2) is 8.78 Å². The largest absolute Gasteiger partial charge is 2.00 e. The van der Waals surface area contributed by atoms with Crippen LogP contribution in [0.1, 0.15) is 0 Å². The zero-order valence-electron chi connectivity index (χ0n) is 9.12. The Balaban J connectivity index is -0.000000295. The normalized spacial score (nSPS) is 17.2. The number of hydrogen-bond donors (Lipinski definition) is 0. The van der Waals surface area contributed by atoms with Crippen molar-refractivity contribution < 1.29 is 54.9 Å². The summed E-state index contributed by atoms with van der Waals surface area (Å²) in [5.41, 5.74) is 0. The molecular formula is C6Br2CaF8O4. The molecule has 0 rings (SSSR count). The molecule has 2 unspecified atom stereocenters. The van der Waals surface area contributed by atoms with Crippen molar-refractivity contribution in [2.24, 2.45) is 0 Å². The van der Waals surface area contributed by atoms with E-state index in [2.05, 4.69) is 0 Å². The van der Waals surface area contributed by atoms with Crippen molar-refractivity contribution in [1.82, 2.24) is 0 Å². The van der Waals surface area contributed by atoms with Crippen LogP contribution in [0.5, 0.6) is 0 Å². The van der Waals surface area contributed by atoms with Crippen molar-refractivity contribution in [2.45, 2.75) is 21.5 Å². The Hall–Kier alpha value is 0.600. The second-order valence-corrected chi connectivity index (χ2v) is 4.90. The van der Waals surface area contributed by atoms with Gasteiger partial charge in [0.05, 0.1) is 11.9 Å². The maximum Gasteiger partial charge on any atom is 2.00 e. The Bertz CT molecular complexity index is 344. The predicted molar refractivity (Wildman–Crippen MR) is 53.4 cm³/mol. The van der Waals surface area contributed by atoms with Crippen LogP contribution in [-0.4, -0.2) is 71.2 Å². The van der Waals surface area contributed by atoms with Crippen molar-refractivity contribution in [3.63, 3.8) is 0 Å². The first kappa shape index (κ1) is 26.5. The van der Waals surface area contributed by atoms with Crippen LogP contribution in [0.25, 0.3) is 0 Å². The Labute approximate surface area is 157 Å². The smallest absolute Gasteiger partial charge is 0.545 e. The summed E-state index contributed by atoms with van der Waals surface area (Å²) < 4.78 is 82.3. The topological polar surface area (TPSA) is 80.3 Å².